The van der Waals surface area contributed by atoms with Crippen molar-refractivity contribution < 1.29 is 24.3 Å². The molecule has 0 aromatic heterocycles. The number of aliphatic hydroxyl groups is 1. The Morgan fingerprint density at radius 2 is 1.95 bits per heavy atom. The molecule has 1 unspecified atom stereocenters. The molecule has 1 saturated heterocycles. The zero-order valence-electron chi connectivity index (χ0n) is 10.6. The predicted octanol–water partition coefficient (Wildman–Crippen LogP) is 0.327. The fourth-order valence-corrected chi connectivity index (χ4v) is 2.22. The largest absolute Gasteiger partial charge is 0.463 e. The number of morpholine rings is 1. The molecule has 1 aliphatic carbocycles. The molecular formula is C11H14N3O6+. The number of nitrogens with zero attached hydrogens (tertiary/aromatic N) is 3. The second-order valence-corrected chi connectivity index (χ2v) is 4.47. The van der Waals surface area contributed by atoms with Gasteiger partial charge in [0, 0.05) is 6.08 Å². The first-order valence-electron chi connectivity index (χ1n) is 6.09. The molecule has 1 heterocycles. The van der Waals surface area contributed by atoms with E-state index < -0.39 is 27.2 Å². The van der Waals surface area contributed by atoms with Crippen LogP contribution in [-0.4, -0.2) is 51.7 Å². The van der Waals surface area contributed by atoms with Crippen molar-refractivity contribution in [3.8, 4) is 0 Å². The van der Waals surface area contributed by atoms with Crippen LogP contribution < -0.4 is 0 Å². The van der Waals surface area contributed by atoms with E-state index in [1.54, 1.807) is 4.58 Å². The minimum Gasteiger partial charge on any atom is -0.463 e. The average molecular weight is 284 g/mol. The van der Waals surface area contributed by atoms with Crippen molar-refractivity contribution in [2.75, 3.05) is 26.3 Å². The van der Waals surface area contributed by atoms with E-state index in [9.17, 15) is 25.3 Å². The molecule has 0 spiro atoms. The molecule has 2 aliphatic rings. The summed E-state index contributed by atoms with van der Waals surface area (Å²) < 4.78 is 6.83. The number of ether oxygens (including phenoxy) is 1. The Bertz CT molecular complexity index is 528. The minimum atomic E-state index is -0.781. The third kappa shape index (κ3) is 2.82. The second kappa shape index (κ2) is 5.78. The van der Waals surface area contributed by atoms with E-state index >= 15 is 0 Å². The molecule has 20 heavy (non-hydrogen) atoms. The van der Waals surface area contributed by atoms with Gasteiger partial charge in [-0.05, 0) is 0 Å². The number of rotatable bonds is 3. The van der Waals surface area contributed by atoms with Gasteiger partial charge in [-0.15, -0.1) is 0 Å². The summed E-state index contributed by atoms with van der Waals surface area (Å²) in [7, 11) is 0. The Morgan fingerprint density at radius 1 is 1.30 bits per heavy atom. The third-order valence-corrected chi connectivity index (χ3v) is 3.28. The summed E-state index contributed by atoms with van der Waals surface area (Å²) in [5, 5.41) is 31.8. The minimum absolute atomic E-state index is 0.00806. The Morgan fingerprint density at radius 3 is 2.50 bits per heavy atom. The molecule has 9 heteroatoms. The van der Waals surface area contributed by atoms with Crippen LogP contribution in [0.5, 0.6) is 0 Å². The normalized spacial score (nSPS) is 22.8. The SMILES string of the molecule is O=[N+]([O-])C1=C([N+](=O)[O-])CC(C(O)=[N+]2CCOCC2)C=C1. The third-order valence-electron chi connectivity index (χ3n) is 3.28. The highest BCUT2D eigenvalue weighted by molar-refractivity contribution is 5.74. The van der Waals surface area contributed by atoms with Crippen LogP contribution in [0.2, 0.25) is 0 Å². The maximum absolute atomic E-state index is 10.9. The van der Waals surface area contributed by atoms with Gasteiger partial charge in [-0.2, -0.15) is 4.58 Å². The fraction of sp³-hybridized carbons (Fsp3) is 0.545. The highest BCUT2D eigenvalue weighted by Crippen LogP contribution is 2.25. The molecule has 1 aliphatic heterocycles. The zero-order chi connectivity index (χ0) is 14.7. The Labute approximate surface area is 113 Å². The van der Waals surface area contributed by atoms with E-state index in [2.05, 4.69) is 0 Å². The molecule has 1 N–H and O–H groups in total. The van der Waals surface area contributed by atoms with Crippen molar-refractivity contribution in [1.29, 1.82) is 0 Å². The maximum atomic E-state index is 10.9. The lowest BCUT2D eigenvalue weighted by Gasteiger charge is -2.16. The number of hydrogen-bond acceptors (Lipinski definition) is 5. The summed E-state index contributed by atoms with van der Waals surface area (Å²) >= 11 is 0. The number of hydrogen-bond donors (Lipinski definition) is 1. The Hall–Kier alpha value is -2.29. The fourth-order valence-electron chi connectivity index (χ4n) is 2.22. The number of nitro groups is 2. The van der Waals surface area contributed by atoms with E-state index in [-0.39, 0.29) is 12.3 Å². The van der Waals surface area contributed by atoms with Crippen LogP contribution in [-0.2, 0) is 4.74 Å². The number of aliphatic hydroxyl groups excluding tert-OH is 1. The Kier molecular flexibility index (Phi) is 4.08. The smallest absolute Gasteiger partial charge is 0.341 e. The monoisotopic (exact) mass is 284 g/mol. The van der Waals surface area contributed by atoms with Gasteiger partial charge < -0.3 is 9.84 Å². The summed E-state index contributed by atoms with van der Waals surface area (Å²) in [5.41, 5.74) is -1.01. The van der Waals surface area contributed by atoms with Crippen LogP contribution in [0, 0.1) is 26.1 Å². The Balaban J connectivity index is 2.25. The van der Waals surface area contributed by atoms with Crippen molar-refractivity contribution in [2.24, 2.45) is 5.92 Å². The topological polar surface area (TPSA) is 119 Å². The van der Waals surface area contributed by atoms with Crippen LogP contribution >= 0.6 is 0 Å². The van der Waals surface area contributed by atoms with E-state index in [4.69, 9.17) is 4.74 Å². The van der Waals surface area contributed by atoms with Crippen molar-refractivity contribution in [1.82, 2.24) is 0 Å². The summed E-state index contributed by atoms with van der Waals surface area (Å²) in [5.74, 6) is -0.622. The van der Waals surface area contributed by atoms with Crippen molar-refractivity contribution in [2.45, 2.75) is 6.42 Å². The molecule has 0 aromatic carbocycles. The molecule has 1 atom stereocenters. The molecule has 9 nitrogen and oxygen atoms in total. The summed E-state index contributed by atoms with van der Waals surface area (Å²) in [6.07, 6.45) is 2.32. The highest BCUT2D eigenvalue weighted by atomic mass is 16.6. The summed E-state index contributed by atoms with van der Waals surface area (Å²) in [6.45, 7) is 1.93. The molecule has 2 rings (SSSR count). The van der Waals surface area contributed by atoms with Gasteiger partial charge >= 0.3 is 17.3 Å². The lowest BCUT2D eigenvalue weighted by atomic mass is 9.96. The van der Waals surface area contributed by atoms with Crippen LogP contribution in [0.3, 0.4) is 0 Å². The highest BCUT2D eigenvalue weighted by Gasteiger charge is 2.37. The average Bonchev–Trinajstić information content (AvgIpc) is 2.46. The summed E-state index contributed by atoms with van der Waals surface area (Å²) in [4.78, 5) is 20.1. The molecule has 0 amide bonds. The molecule has 0 saturated carbocycles. The molecule has 1 fully saturated rings. The molecular weight excluding hydrogens is 270 g/mol. The first-order valence-corrected chi connectivity index (χ1v) is 6.09. The van der Waals surface area contributed by atoms with Gasteiger partial charge in [-0.25, -0.2) is 0 Å². The molecule has 0 radical (unpaired) electrons. The standard InChI is InChI=1S/C11H13N3O6/c15-11(12-3-5-20-6-4-12)8-1-2-9(13(16)17)10(7-8)14(18)19/h1-2,8H,3-7H2/p+1. The van der Waals surface area contributed by atoms with Gasteiger partial charge in [-0.3, -0.25) is 20.2 Å². The van der Waals surface area contributed by atoms with Crippen molar-refractivity contribution in [3.05, 3.63) is 43.8 Å². The second-order valence-electron chi connectivity index (χ2n) is 4.47. The van der Waals surface area contributed by atoms with Gasteiger partial charge in [-0.1, -0.05) is 6.08 Å². The van der Waals surface area contributed by atoms with Crippen LogP contribution in [0.4, 0.5) is 0 Å². The lowest BCUT2D eigenvalue weighted by molar-refractivity contribution is -0.558. The van der Waals surface area contributed by atoms with Crippen LogP contribution in [0.15, 0.2) is 23.5 Å². The maximum Gasteiger partial charge on any atom is 0.341 e. The van der Waals surface area contributed by atoms with Gasteiger partial charge in [0.1, 0.15) is 19.1 Å². The summed E-state index contributed by atoms with van der Waals surface area (Å²) in [6, 6.07) is 0. The van der Waals surface area contributed by atoms with Gasteiger partial charge in [0.05, 0.1) is 16.3 Å². The number of allylic oxidation sites excluding steroid dienone is 2. The van der Waals surface area contributed by atoms with Crippen molar-refractivity contribution >= 4 is 5.90 Å². The van der Waals surface area contributed by atoms with Gasteiger partial charge in [0.25, 0.3) is 0 Å². The van der Waals surface area contributed by atoms with E-state index in [0.29, 0.717) is 26.3 Å². The van der Waals surface area contributed by atoms with E-state index in [1.165, 1.54) is 6.08 Å². The van der Waals surface area contributed by atoms with Gasteiger partial charge in [0.2, 0.25) is 0 Å². The first kappa shape index (κ1) is 14.1. The molecule has 0 bridgehead atoms. The zero-order valence-corrected chi connectivity index (χ0v) is 10.6. The quantitative estimate of drug-likeness (QED) is 0.345. The van der Waals surface area contributed by atoms with Gasteiger partial charge in [0.15, 0.2) is 13.1 Å². The van der Waals surface area contributed by atoms with Crippen LogP contribution in [0.1, 0.15) is 6.42 Å². The predicted molar refractivity (Wildman–Crippen MR) is 66.7 cm³/mol. The first-order chi connectivity index (χ1) is 9.50. The van der Waals surface area contributed by atoms with Crippen LogP contribution in [0.25, 0.3) is 0 Å². The van der Waals surface area contributed by atoms with E-state index in [1.807, 2.05) is 0 Å². The molecule has 0 aromatic rings. The lowest BCUT2D eigenvalue weighted by Crippen LogP contribution is -2.37. The molecule has 108 valence electrons. The van der Waals surface area contributed by atoms with Crippen molar-refractivity contribution in [3.63, 3.8) is 0 Å². The van der Waals surface area contributed by atoms with E-state index in [0.717, 1.165) is 6.08 Å².